The fourth-order valence-corrected chi connectivity index (χ4v) is 3.36. The van der Waals surface area contributed by atoms with E-state index < -0.39 is 10.0 Å². The number of allylic oxidation sites excluding steroid dienone is 1. The van der Waals surface area contributed by atoms with Gasteiger partial charge in [-0.25, -0.2) is 13.1 Å². The van der Waals surface area contributed by atoms with Crippen LogP contribution in [0.5, 0.6) is 0 Å². The van der Waals surface area contributed by atoms with Crippen LogP contribution < -0.4 is 4.72 Å². The molecule has 1 aromatic carbocycles. The Morgan fingerprint density at radius 3 is 2.53 bits per heavy atom. The first-order valence-electron chi connectivity index (χ1n) is 6.76. The Morgan fingerprint density at radius 2 is 1.89 bits per heavy atom. The number of aryl methyl sites for hydroxylation is 1. The van der Waals surface area contributed by atoms with Gasteiger partial charge in [-0.1, -0.05) is 41.5 Å². The summed E-state index contributed by atoms with van der Waals surface area (Å²) in [5.41, 5.74) is 3.19. The van der Waals surface area contributed by atoms with Gasteiger partial charge in [-0.2, -0.15) is 0 Å². The highest BCUT2D eigenvalue weighted by Crippen LogP contribution is 2.16. The van der Waals surface area contributed by atoms with Crippen LogP contribution in [0.25, 0.3) is 0 Å². The Morgan fingerprint density at radius 1 is 1.16 bits per heavy atom. The molecule has 0 aliphatic heterocycles. The highest BCUT2D eigenvalue weighted by Gasteiger charge is 2.12. The lowest BCUT2D eigenvalue weighted by atomic mass is 10.0. The maximum atomic E-state index is 12.0. The lowest BCUT2D eigenvalue weighted by Gasteiger charge is -2.13. The zero-order chi connectivity index (χ0) is 13.7. The molecule has 0 fully saturated rings. The Labute approximate surface area is 115 Å². The SMILES string of the molecule is Cc1ccc(CS(=O)(=O)NCC2=CCCCC2)cc1. The molecule has 1 aliphatic carbocycles. The number of benzene rings is 1. The lowest BCUT2D eigenvalue weighted by molar-refractivity contribution is 0.581. The minimum atomic E-state index is -3.24. The first-order chi connectivity index (χ1) is 9.05. The van der Waals surface area contributed by atoms with Gasteiger partial charge in [0.25, 0.3) is 0 Å². The first-order valence-corrected chi connectivity index (χ1v) is 8.41. The predicted molar refractivity (Wildman–Crippen MR) is 78.4 cm³/mol. The van der Waals surface area contributed by atoms with Crippen LogP contribution in [-0.4, -0.2) is 15.0 Å². The summed E-state index contributed by atoms with van der Waals surface area (Å²) in [6.45, 7) is 2.46. The lowest BCUT2D eigenvalue weighted by Crippen LogP contribution is -2.27. The van der Waals surface area contributed by atoms with Crippen molar-refractivity contribution in [2.75, 3.05) is 6.54 Å². The second-order valence-electron chi connectivity index (χ2n) is 5.17. The van der Waals surface area contributed by atoms with Crippen LogP contribution in [0, 0.1) is 6.92 Å². The van der Waals surface area contributed by atoms with Crippen molar-refractivity contribution >= 4 is 10.0 Å². The highest BCUT2D eigenvalue weighted by molar-refractivity contribution is 7.88. The molecule has 1 N–H and O–H groups in total. The molecular formula is C15H21NO2S. The minimum Gasteiger partial charge on any atom is -0.212 e. The number of hydrogen-bond donors (Lipinski definition) is 1. The maximum Gasteiger partial charge on any atom is 0.216 e. The van der Waals surface area contributed by atoms with Gasteiger partial charge < -0.3 is 0 Å². The molecule has 2 rings (SSSR count). The molecule has 4 heteroatoms. The monoisotopic (exact) mass is 279 g/mol. The first kappa shape index (κ1) is 14.3. The van der Waals surface area contributed by atoms with Crippen LogP contribution in [0.1, 0.15) is 36.8 Å². The van der Waals surface area contributed by atoms with Gasteiger partial charge in [-0.05, 0) is 38.2 Å². The molecule has 1 aromatic rings. The fraction of sp³-hybridized carbons (Fsp3) is 0.467. The zero-order valence-electron chi connectivity index (χ0n) is 11.4. The van der Waals surface area contributed by atoms with E-state index >= 15 is 0 Å². The van der Waals surface area contributed by atoms with E-state index in [1.165, 1.54) is 18.4 Å². The van der Waals surface area contributed by atoms with Gasteiger partial charge in [0, 0.05) is 6.54 Å². The smallest absolute Gasteiger partial charge is 0.212 e. The van der Waals surface area contributed by atoms with Crippen molar-refractivity contribution in [3.8, 4) is 0 Å². The summed E-state index contributed by atoms with van der Waals surface area (Å²) in [6, 6.07) is 7.62. The van der Waals surface area contributed by atoms with Crippen molar-refractivity contribution in [1.29, 1.82) is 0 Å². The van der Waals surface area contributed by atoms with Crippen LogP contribution in [0.4, 0.5) is 0 Å². The molecule has 19 heavy (non-hydrogen) atoms. The molecule has 0 heterocycles. The molecule has 104 valence electrons. The second kappa shape index (κ2) is 6.35. The average molecular weight is 279 g/mol. The maximum absolute atomic E-state index is 12.0. The van der Waals surface area contributed by atoms with Gasteiger partial charge in [0.2, 0.25) is 10.0 Å². The molecule has 0 amide bonds. The summed E-state index contributed by atoms with van der Waals surface area (Å²) in [4.78, 5) is 0. The number of rotatable bonds is 5. The van der Waals surface area contributed by atoms with Crippen LogP contribution >= 0.6 is 0 Å². The third-order valence-electron chi connectivity index (χ3n) is 3.38. The second-order valence-corrected chi connectivity index (χ2v) is 6.98. The molecule has 1 aliphatic rings. The van der Waals surface area contributed by atoms with Gasteiger partial charge in [0.05, 0.1) is 5.75 Å². The Bertz CT molecular complexity index is 544. The molecule has 0 spiro atoms. The van der Waals surface area contributed by atoms with Gasteiger partial charge in [0.15, 0.2) is 0 Å². The van der Waals surface area contributed by atoms with Crippen molar-refractivity contribution in [2.24, 2.45) is 0 Å². The quantitative estimate of drug-likeness (QED) is 0.842. The molecule has 0 unspecified atom stereocenters. The van der Waals surface area contributed by atoms with Crippen molar-refractivity contribution in [1.82, 2.24) is 4.72 Å². The van der Waals surface area contributed by atoms with E-state index in [0.29, 0.717) is 6.54 Å². The number of sulfonamides is 1. The van der Waals surface area contributed by atoms with E-state index in [1.54, 1.807) is 0 Å². The Hall–Kier alpha value is -1.13. The van der Waals surface area contributed by atoms with Gasteiger partial charge in [0.1, 0.15) is 0 Å². The highest BCUT2D eigenvalue weighted by atomic mass is 32.2. The molecule has 0 atom stereocenters. The van der Waals surface area contributed by atoms with Crippen molar-refractivity contribution < 1.29 is 8.42 Å². The van der Waals surface area contributed by atoms with Gasteiger partial charge in [-0.15, -0.1) is 0 Å². The van der Waals surface area contributed by atoms with Crippen LogP contribution in [-0.2, 0) is 15.8 Å². The molecule has 0 radical (unpaired) electrons. The summed E-state index contributed by atoms with van der Waals surface area (Å²) >= 11 is 0. The molecule has 0 saturated carbocycles. The third-order valence-corrected chi connectivity index (χ3v) is 4.68. The van der Waals surface area contributed by atoms with Gasteiger partial charge in [-0.3, -0.25) is 0 Å². The Kier molecular flexibility index (Phi) is 4.77. The summed E-state index contributed by atoms with van der Waals surface area (Å²) in [7, 11) is -3.24. The van der Waals surface area contributed by atoms with Gasteiger partial charge >= 0.3 is 0 Å². The van der Waals surface area contributed by atoms with Crippen LogP contribution in [0.3, 0.4) is 0 Å². The molecule has 3 nitrogen and oxygen atoms in total. The standard InChI is InChI=1S/C15H21NO2S/c1-13-7-9-15(10-8-13)12-19(17,18)16-11-14-5-3-2-4-6-14/h5,7-10,16H,2-4,6,11-12H2,1H3. The van der Waals surface area contributed by atoms with Crippen molar-refractivity contribution in [2.45, 2.75) is 38.4 Å². The molecular weight excluding hydrogens is 258 g/mol. The number of nitrogens with one attached hydrogen (secondary N) is 1. The summed E-state index contributed by atoms with van der Waals surface area (Å²) in [5, 5.41) is 0. The summed E-state index contributed by atoms with van der Waals surface area (Å²) in [5.74, 6) is 0.0561. The molecule has 0 saturated heterocycles. The van der Waals surface area contributed by atoms with E-state index in [1.807, 2.05) is 31.2 Å². The summed E-state index contributed by atoms with van der Waals surface area (Å²) in [6.07, 6.45) is 6.66. The zero-order valence-corrected chi connectivity index (χ0v) is 12.2. The van der Waals surface area contributed by atoms with E-state index in [4.69, 9.17) is 0 Å². The normalized spacial score (nSPS) is 16.2. The number of hydrogen-bond acceptors (Lipinski definition) is 2. The topological polar surface area (TPSA) is 46.2 Å². The van der Waals surface area contributed by atoms with E-state index in [2.05, 4.69) is 10.8 Å². The third kappa shape index (κ3) is 4.80. The van der Waals surface area contributed by atoms with Crippen LogP contribution in [0.2, 0.25) is 0 Å². The minimum absolute atomic E-state index is 0.0561. The predicted octanol–water partition coefficient (Wildman–Crippen LogP) is 2.91. The molecule has 0 bridgehead atoms. The van der Waals surface area contributed by atoms with E-state index in [-0.39, 0.29) is 5.75 Å². The Balaban J connectivity index is 1.91. The summed E-state index contributed by atoms with van der Waals surface area (Å²) < 4.78 is 26.7. The van der Waals surface area contributed by atoms with E-state index in [0.717, 1.165) is 24.0 Å². The van der Waals surface area contributed by atoms with E-state index in [9.17, 15) is 8.42 Å². The van der Waals surface area contributed by atoms with Crippen molar-refractivity contribution in [3.63, 3.8) is 0 Å². The molecule has 0 aromatic heterocycles. The average Bonchev–Trinajstić information content (AvgIpc) is 2.40. The largest absolute Gasteiger partial charge is 0.216 e. The fourth-order valence-electron chi connectivity index (χ4n) is 2.22. The van der Waals surface area contributed by atoms with Crippen molar-refractivity contribution in [3.05, 3.63) is 47.0 Å². The van der Waals surface area contributed by atoms with Crippen LogP contribution in [0.15, 0.2) is 35.9 Å².